The number of carbonyl (C=O) groups excluding carboxylic acids is 1. The first-order valence-corrected chi connectivity index (χ1v) is 10.3. The monoisotopic (exact) mass is 431 g/mol. The minimum absolute atomic E-state index is 0.00939. The van der Waals surface area contributed by atoms with Crippen LogP contribution in [-0.2, 0) is 14.8 Å². The van der Waals surface area contributed by atoms with E-state index in [4.69, 9.17) is 23.2 Å². The number of sulfonamides is 1. The normalized spacial score (nSPS) is 18.3. The van der Waals surface area contributed by atoms with Gasteiger partial charge in [0.25, 0.3) is 0 Å². The Bertz CT molecular complexity index is 954. The summed E-state index contributed by atoms with van der Waals surface area (Å²) in [5, 5.41) is 2.92. The van der Waals surface area contributed by atoms with Gasteiger partial charge in [0.15, 0.2) is 0 Å². The summed E-state index contributed by atoms with van der Waals surface area (Å²) < 4.78 is 40.1. The number of nitrogens with zero attached hydrogens (tertiary/aromatic N) is 2. The number of piperidine rings is 1. The van der Waals surface area contributed by atoms with Gasteiger partial charge in [0.1, 0.15) is 16.5 Å². The minimum atomic E-state index is -3.93. The topological polar surface area (TPSA) is 79.4 Å². The molecule has 2 aromatic rings. The molecule has 1 aromatic heterocycles. The van der Waals surface area contributed by atoms with E-state index in [1.807, 2.05) is 0 Å². The summed E-state index contributed by atoms with van der Waals surface area (Å²) in [5.41, 5.74) is 0. The van der Waals surface area contributed by atoms with Crippen molar-refractivity contribution in [3.05, 3.63) is 52.4 Å². The second kappa shape index (κ2) is 8.10. The molecule has 1 saturated heterocycles. The third-order valence-electron chi connectivity index (χ3n) is 4.25. The van der Waals surface area contributed by atoms with Crippen LogP contribution in [0.15, 0.2) is 41.4 Å². The van der Waals surface area contributed by atoms with Crippen molar-refractivity contribution in [1.82, 2.24) is 9.29 Å². The Hall–Kier alpha value is -1.74. The molecule has 1 unspecified atom stereocenters. The van der Waals surface area contributed by atoms with Crippen LogP contribution in [0.3, 0.4) is 0 Å². The molecule has 10 heteroatoms. The van der Waals surface area contributed by atoms with Crippen molar-refractivity contribution < 1.29 is 17.6 Å². The van der Waals surface area contributed by atoms with E-state index in [2.05, 4.69) is 10.3 Å². The number of carbonyl (C=O) groups is 1. The van der Waals surface area contributed by atoms with Gasteiger partial charge in [0.05, 0.1) is 16.0 Å². The predicted molar refractivity (Wildman–Crippen MR) is 101 cm³/mol. The molecular formula is C17H16Cl2FN3O3S. The van der Waals surface area contributed by atoms with Gasteiger partial charge in [-0.15, -0.1) is 0 Å². The number of aromatic nitrogens is 1. The second-order valence-corrected chi connectivity index (χ2v) is 8.88. The molecule has 1 aromatic carbocycles. The van der Waals surface area contributed by atoms with Crippen LogP contribution in [0.1, 0.15) is 12.8 Å². The maximum absolute atomic E-state index is 13.2. The van der Waals surface area contributed by atoms with Crippen molar-refractivity contribution in [2.75, 3.05) is 18.4 Å². The zero-order valence-corrected chi connectivity index (χ0v) is 16.4. The minimum Gasteiger partial charge on any atom is -0.310 e. The van der Waals surface area contributed by atoms with E-state index in [0.717, 1.165) is 18.2 Å². The maximum Gasteiger partial charge on any atom is 0.244 e. The van der Waals surface area contributed by atoms with E-state index < -0.39 is 21.8 Å². The number of rotatable bonds is 4. The molecule has 1 N–H and O–H groups in total. The van der Waals surface area contributed by atoms with Crippen LogP contribution in [0.25, 0.3) is 0 Å². The summed E-state index contributed by atoms with van der Waals surface area (Å²) in [5.74, 6) is -1.14. The van der Waals surface area contributed by atoms with Crippen LogP contribution in [0, 0.1) is 11.7 Å². The third-order valence-corrected chi connectivity index (χ3v) is 6.82. The van der Waals surface area contributed by atoms with E-state index in [0.29, 0.717) is 23.7 Å². The second-order valence-electron chi connectivity index (χ2n) is 6.13. The number of nitrogens with one attached hydrogen (secondary N) is 1. The molecule has 0 bridgehead atoms. The number of hydrogen-bond acceptors (Lipinski definition) is 4. The van der Waals surface area contributed by atoms with Crippen LogP contribution < -0.4 is 5.32 Å². The summed E-state index contributed by atoms with van der Waals surface area (Å²) in [4.78, 5) is 16.3. The van der Waals surface area contributed by atoms with Crippen LogP contribution >= 0.6 is 23.2 Å². The number of halogens is 3. The Labute approximate surface area is 166 Å². The van der Waals surface area contributed by atoms with Crippen molar-refractivity contribution >= 4 is 45.0 Å². The lowest BCUT2D eigenvalue weighted by Gasteiger charge is -2.31. The molecule has 1 atom stereocenters. The van der Waals surface area contributed by atoms with E-state index in [1.54, 1.807) is 12.1 Å². The first-order valence-electron chi connectivity index (χ1n) is 8.15. The van der Waals surface area contributed by atoms with Gasteiger partial charge in [-0.1, -0.05) is 23.2 Å². The fourth-order valence-electron chi connectivity index (χ4n) is 2.88. The van der Waals surface area contributed by atoms with Crippen molar-refractivity contribution in [2.24, 2.45) is 5.92 Å². The molecule has 2 heterocycles. The van der Waals surface area contributed by atoms with Gasteiger partial charge in [-0.25, -0.2) is 17.8 Å². The number of pyridine rings is 1. The molecule has 144 valence electrons. The highest BCUT2D eigenvalue weighted by atomic mass is 35.5. The summed E-state index contributed by atoms with van der Waals surface area (Å²) in [6, 6.07) is 6.29. The van der Waals surface area contributed by atoms with Crippen molar-refractivity contribution in [2.45, 2.75) is 17.7 Å². The quantitative estimate of drug-likeness (QED) is 0.802. The number of anilines is 1. The Morgan fingerprint density at radius 3 is 2.70 bits per heavy atom. The maximum atomic E-state index is 13.2. The van der Waals surface area contributed by atoms with Crippen LogP contribution in [0.2, 0.25) is 10.0 Å². The summed E-state index contributed by atoms with van der Waals surface area (Å²) in [6.07, 6.45) is 2.47. The molecule has 3 rings (SSSR count). The Balaban J connectivity index is 1.74. The largest absolute Gasteiger partial charge is 0.310 e. The molecule has 0 radical (unpaired) electrons. The Morgan fingerprint density at radius 1 is 1.26 bits per heavy atom. The summed E-state index contributed by atoms with van der Waals surface area (Å²) >= 11 is 11.7. The van der Waals surface area contributed by atoms with Gasteiger partial charge in [0, 0.05) is 19.3 Å². The molecule has 0 saturated carbocycles. The van der Waals surface area contributed by atoms with Crippen LogP contribution in [0.5, 0.6) is 0 Å². The lowest BCUT2D eigenvalue weighted by Crippen LogP contribution is -2.43. The molecular weight excluding hydrogens is 416 g/mol. The number of benzene rings is 1. The first kappa shape index (κ1) is 20.0. The van der Waals surface area contributed by atoms with Gasteiger partial charge in [0.2, 0.25) is 15.9 Å². The van der Waals surface area contributed by atoms with Gasteiger partial charge in [-0.2, -0.15) is 4.31 Å². The van der Waals surface area contributed by atoms with Gasteiger partial charge < -0.3 is 5.32 Å². The molecule has 1 amide bonds. The van der Waals surface area contributed by atoms with Crippen molar-refractivity contribution in [1.29, 1.82) is 0 Å². The van der Waals surface area contributed by atoms with E-state index >= 15 is 0 Å². The summed E-state index contributed by atoms with van der Waals surface area (Å²) in [6.45, 7) is 0.272. The van der Waals surface area contributed by atoms with Crippen molar-refractivity contribution in [3.63, 3.8) is 0 Å². The third kappa shape index (κ3) is 4.57. The van der Waals surface area contributed by atoms with Gasteiger partial charge >= 0.3 is 0 Å². The number of amides is 1. The molecule has 27 heavy (non-hydrogen) atoms. The molecule has 0 aliphatic carbocycles. The first-order chi connectivity index (χ1) is 12.8. The van der Waals surface area contributed by atoms with E-state index in [-0.39, 0.29) is 28.9 Å². The highest BCUT2D eigenvalue weighted by Crippen LogP contribution is 2.29. The lowest BCUT2D eigenvalue weighted by atomic mass is 9.99. The molecule has 0 spiro atoms. The fourth-order valence-corrected chi connectivity index (χ4v) is 5.02. The van der Waals surface area contributed by atoms with Crippen LogP contribution in [0.4, 0.5) is 10.2 Å². The highest BCUT2D eigenvalue weighted by Gasteiger charge is 2.34. The lowest BCUT2D eigenvalue weighted by molar-refractivity contribution is -0.120. The van der Waals surface area contributed by atoms with Gasteiger partial charge in [-0.3, -0.25) is 4.79 Å². The standard InChI is InChI=1S/C17H16Cl2FN3O3S/c18-12-3-6-16(21-9-12)22-17(24)11-2-1-7-23(10-11)27(25,26)15-5-4-13(20)8-14(15)19/h3-6,8-9,11H,1-2,7,10H2,(H,21,22,24). The van der Waals surface area contributed by atoms with Crippen LogP contribution in [-0.4, -0.2) is 36.7 Å². The average Bonchev–Trinajstić information content (AvgIpc) is 2.63. The number of hydrogen-bond donors (Lipinski definition) is 1. The fraction of sp³-hybridized carbons (Fsp3) is 0.294. The van der Waals surface area contributed by atoms with E-state index in [1.165, 1.54) is 10.5 Å². The zero-order valence-electron chi connectivity index (χ0n) is 14.0. The van der Waals surface area contributed by atoms with Crippen molar-refractivity contribution in [3.8, 4) is 0 Å². The highest BCUT2D eigenvalue weighted by molar-refractivity contribution is 7.89. The molecule has 1 fully saturated rings. The Kier molecular flexibility index (Phi) is 6.00. The molecule has 1 aliphatic heterocycles. The molecule has 1 aliphatic rings. The zero-order chi connectivity index (χ0) is 19.6. The predicted octanol–water partition coefficient (Wildman–Crippen LogP) is 3.57. The average molecular weight is 432 g/mol. The van der Waals surface area contributed by atoms with Gasteiger partial charge in [-0.05, 0) is 43.2 Å². The Morgan fingerprint density at radius 2 is 2.04 bits per heavy atom. The SMILES string of the molecule is O=C(Nc1ccc(Cl)cn1)C1CCCN(S(=O)(=O)c2ccc(F)cc2Cl)C1. The van der Waals surface area contributed by atoms with E-state index in [9.17, 15) is 17.6 Å². The summed E-state index contributed by atoms with van der Waals surface area (Å²) in [7, 11) is -3.93. The molecule has 6 nitrogen and oxygen atoms in total. The smallest absolute Gasteiger partial charge is 0.244 e.